The van der Waals surface area contributed by atoms with Crippen LogP contribution in [0.2, 0.25) is 0 Å². The van der Waals surface area contributed by atoms with Crippen molar-refractivity contribution in [3.8, 4) is 24.2 Å². The second kappa shape index (κ2) is 8.89. The molecule has 0 radical (unpaired) electrons. The summed E-state index contributed by atoms with van der Waals surface area (Å²) < 4.78 is 5.70. The largest absolute Gasteiger partial charge is 0.370 e. The first-order valence-electron chi connectivity index (χ1n) is 7.67. The Balaban J connectivity index is 2.91. The van der Waals surface area contributed by atoms with Crippen LogP contribution in [0.5, 0.6) is 0 Å². The maximum Gasteiger partial charge on any atom is 0.268 e. The van der Waals surface area contributed by atoms with Gasteiger partial charge < -0.3 is 10.1 Å². The monoisotopic (exact) mass is 342 g/mol. The summed E-state index contributed by atoms with van der Waals surface area (Å²) >= 11 is 0. The number of ether oxygens (including phenoxy) is 1. The topological polar surface area (TPSA) is 87.7 Å². The molecule has 2 atom stereocenters. The number of carbonyl (C=O) groups excluding carboxylic acids is 2. The van der Waals surface area contributed by atoms with Gasteiger partial charge in [0.15, 0.2) is 0 Å². The molecule has 0 bridgehead atoms. The molecule has 0 saturated heterocycles. The van der Waals surface area contributed by atoms with Crippen molar-refractivity contribution in [3.05, 3.63) is 35.4 Å². The van der Waals surface area contributed by atoms with Gasteiger partial charge in [0.05, 0.1) is 11.7 Å². The lowest BCUT2D eigenvalue weighted by molar-refractivity contribution is -0.138. The fraction of sp³-hybridized carbons (Fsp3) is 0.368. The Labute approximate surface area is 147 Å². The SMILES string of the molecule is C#CC#Cc1ccc(C(=O)NC(C(=O)NO)C(C)OC(C)(C)C)cc1. The van der Waals surface area contributed by atoms with Crippen LogP contribution in [0.1, 0.15) is 43.6 Å². The summed E-state index contributed by atoms with van der Waals surface area (Å²) in [6.07, 6.45) is 4.41. The zero-order valence-electron chi connectivity index (χ0n) is 14.7. The highest BCUT2D eigenvalue weighted by molar-refractivity contribution is 5.97. The van der Waals surface area contributed by atoms with Crippen molar-refractivity contribution in [1.29, 1.82) is 0 Å². The number of amides is 2. The average Bonchev–Trinajstić information content (AvgIpc) is 2.55. The minimum absolute atomic E-state index is 0.338. The molecule has 0 saturated carbocycles. The van der Waals surface area contributed by atoms with E-state index in [-0.39, 0.29) is 0 Å². The van der Waals surface area contributed by atoms with E-state index in [1.165, 1.54) is 0 Å². The first-order valence-corrected chi connectivity index (χ1v) is 7.67. The molecule has 6 nitrogen and oxygen atoms in total. The van der Waals surface area contributed by atoms with E-state index in [4.69, 9.17) is 16.4 Å². The molecule has 1 rings (SSSR count). The van der Waals surface area contributed by atoms with Gasteiger partial charge in [-0.15, -0.1) is 6.42 Å². The van der Waals surface area contributed by atoms with Crippen molar-refractivity contribution in [2.45, 2.75) is 45.4 Å². The van der Waals surface area contributed by atoms with E-state index in [0.717, 1.165) is 0 Å². The van der Waals surface area contributed by atoms with Gasteiger partial charge in [-0.3, -0.25) is 14.8 Å². The number of hydroxylamine groups is 1. The van der Waals surface area contributed by atoms with Gasteiger partial charge in [-0.05, 0) is 63.8 Å². The average molecular weight is 342 g/mol. The fourth-order valence-electron chi connectivity index (χ4n) is 2.13. The number of benzene rings is 1. The summed E-state index contributed by atoms with van der Waals surface area (Å²) in [5, 5.41) is 11.5. The maximum absolute atomic E-state index is 12.4. The quantitative estimate of drug-likeness (QED) is 0.430. The van der Waals surface area contributed by atoms with Crippen LogP contribution in [0.3, 0.4) is 0 Å². The highest BCUT2D eigenvalue weighted by Crippen LogP contribution is 2.14. The molecule has 0 aromatic heterocycles. The standard InChI is InChI=1S/C19H22N2O4/c1-6-7-8-14-9-11-15(12-10-14)17(22)20-16(18(23)21-24)13(2)25-19(3,4)5/h1,9-13,16,24H,2-5H3,(H,20,22)(H,21,23). The molecular weight excluding hydrogens is 320 g/mol. The Hall–Kier alpha value is -2.80. The van der Waals surface area contributed by atoms with Gasteiger partial charge in [-0.1, -0.05) is 5.92 Å². The third-order valence-electron chi connectivity index (χ3n) is 3.11. The Morgan fingerprint density at radius 3 is 2.32 bits per heavy atom. The lowest BCUT2D eigenvalue weighted by Crippen LogP contribution is -2.53. The van der Waals surface area contributed by atoms with Crippen LogP contribution in [0.15, 0.2) is 24.3 Å². The zero-order valence-corrected chi connectivity index (χ0v) is 14.7. The molecule has 0 aliphatic carbocycles. The molecule has 0 heterocycles. The molecule has 6 heteroatoms. The summed E-state index contributed by atoms with van der Waals surface area (Å²) in [6.45, 7) is 7.13. The van der Waals surface area contributed by atoms with Crippen LogP contribution >= 0.6 is 0 Å². The van der Waals surface area contributed by atoms with E-state index < -0.39 is 29.6 Å². The van der Waals surface area contributed by atoms with Crippen LogP contribution < -0.4 is 10.8 Å². The summed E-state index contributed by atoms with van der Waals surface area (Å²) in [5.74, 6) is 6.19. The Morgan fingerprint density at radius 2 is 1.84 bits per heavy atom. The summed E-state index contributed by atoms with van der Waals surface area (Å²) in [7, 11) is 0. The molecule has 3 N–H and O–H groups in total. The first-order chi connectivity index (χ1) is 11.7. The summed E-state index contributed by atoms with van der Waals surface area (Å²) in [4.78, 5) is 24.3. The number of hydrogen-bond acceptors (Lipinski definition) is 4. The molecule has 25 heavy (non-hydrogen) atoms. The molecule has 132 valence electrons. The van der Waals surface area contributed by atoms with E-state index in [0.29, 0.717) is 11.1 Å². The predicted octanol–water partition coefficient (Wildman–Crippen LogP) is 1.48. The van der Waals surface area contributed by atoms with E-state index in [9.17, 15) is 9.59 Å². The van der Waals surface area contributed by atoms with Crippen LogP contribution in [0.4, 0.5) is 0 Å². The van der Waals surface area contributed by atoms with Gasteiger partial charge in [-0.25, -0.2) is 5.48 Å². The molecule has 1 aromatic rings. The molecule has 0 fully saturated rings. The Morgan fingerprint density at radius 1 is 1.24 bits per heavy atom. The normalized spacial score (nSPS) is 12.8. The minimum atomic E-state index is -1.06. The van der Waals surface area contributed by atoms with Gasteiger partial charge in [0.2, 0.25) is 0 Å². The fourth-order valence-corrected chi connectivity index (χ4v) is 2.13. The second-order valence-corrected chi connectivity index (χ2v) is 6.33. The van der Waals surface area contributed by atoms with Gasteiger partial charge in [0.1, 0.15) is 6.04 Å². The number of nitrogens with one attached hydrogen (secondary N) is 2. The summed E-state index contributed by atoms with van der Waals surface area (Å²) in [5.41, 5.74) is 2.04. The number of carbonyl (C=O) groups is 2. The van der Waals surface area contributed by atoms with Crippen molar-refractivity contribution in [1.82, 2.24) is 10.8 Å². The number of rotatable bonds is 5. The molecule has 2 amide bonds. The van der Waals surface area contributed by atoms with E-state index in [1.807, 2.05) is 20.8 Å². The van der Waals surface area contributed by atoms with Crippen LogP contribution in [-0.2, 0) is 9.53 Å². The molecular formula is C19H22N2O4. The molecule has 2 unspecified atom stereocenters. The minimum Gasteiger partial charge on any atom is -0.370 e. The Bertz CT molecular complexity index is 715. The van der Waals surface area contributed by atoms with Crippen LogP contribution in [0.25, 0.3) is 0 Å². The highest BCUT2D eigenvalue weighted by atomic mass is 16.5. The Kier molecular flexibility index (Phi) is 7.20. The lowest BCUT2D eigenvalue weighted by atomic mass is 10.1. The molecule has 0 spiro atoms. The molecule has 0 aliphatic rings. The number of hydrogen-bond donors (Lipinski definition) is 3. The number of terminal acetylenes is 1. The van der Waals surface area contributed by atoms with Crippen molar-refractivity contribution < 1.29 is 19.5 Å². The highest BCUT2D eigenvalue weighted by Gasteiger charge is 2.30. The maximum atomic E-state index is 12.4. The van der Waals surface area contributed by atoms with Crippen molar-refractivity contribution in [2.75, 3.05) is 0 Å². The third kappa shape index (κ3) is 6.68. The van der Waals surface area contributed by atoms with Crippen LogP contribution in [0, 0.1) is 24.2 Å². The second-order valence-electron chi connectivity index (χ2n) is 6.33. The van der Waals surface area contributed by atoms with Gasteiger partial charge in [-0.2, -0.15) is 0 Å². The van der Waals surface area contributed by atoms with Crippen molar-refractivity contribution >= 4 is 11.8 Å². The first kappa shape index (κ1) is 20.2. The van der Waals surface area contributed by atoms with Crippen molar-refractivity contribution in [3.63, 3.8) is 0 Å². The van der Waals surface area contributed by atoms with E-state index in [1.54, 1.807) is 36.7 Å². The van der Waals surface area contributed by atoms with Gasteiger partial charge in [0.25, 0.3) is 11.8 Å². The molecule has 1 aromatic carbocycles. The smallest absolute Gasteiger partial charge is 0.268 e. The van der Waals surface area contributed by atoms with Crippen molar-refractivity contribution in [2.24, 2.45) is 0 Å². The van der Waals surface area contributed by atoms with E-state index >= 15 is 0 Å². The van der Waals surface area contributed by atoms with Gasteiger partial charge in [0, 0.05) is 11.1 Å². The third-order valence-corrected chi connectivity index (χ3v) is 3.11. The zero-order chi connectivity index (χ0) is 19.0. The summed E-state index contributed by atoms with van der Waals surface area (Å²) in [6, 6.07) is 5.38. The van der Waals surface area contributed by atoms with E-state index in [2.05, 4.69) is 23.1 Å². The van der Waals surface area contributed by atoms with Crippen LogP contribution in [-0.4, -0.2) is 34.8 Å². The lowest BCUT2D eigenvalue weighted by Gasteiger charge is -2.30. The van der Waals surface area contributed by atoms with Gasteiger partial charge >= 0.3 is 0 Å². The predicted molar refractivity (Wildman–Crippen MR) is 93.6 cm³/mol. The molecule has 0 aliphatic heterocycles.